The van der Waals surface area contributed by atoms with Crippen molar-refractivity contribution in [2.75, 3.05) is 0 Å². The van der Waals surface area contributed by atoms with Crippen molar-refractivity contribution < 1.29 is 34.4 Å². The molecule has 0 amide bonds. The minimum absolute atomic E-state index is 0. The van der Waals surface area contributed by atoms with E-state index in [2.05, 4.69) is 81.4 Å². The van der Waals surface area contributed by atoms with E-state index in [0.717, 1.165) is 68.4 Å². The SMILES string of the molecule is CC(C)(C)c1cc(-c2nccc3cc(-c4ccc5ccoc5n4)sc23)[c-]c2ccccc12.CCC(C)(CC)C(=O)/C=C(\O)C(C)(CC)CC.[Ir]. The molecule has 5 nitrogen and oxygen atoms in total. The van der Waals surface area contributed by atoms with Crippen molar-refractivity contribution in [2.45, 2.75) is 93.4 Å². The summed E-state index contributed by atoms with van der Waals surface area (Å²) in [5, 5.41) is 14.7. The Kier molecular flexibility index (Phi) is 12.3. The van der Waals surface area contributed by atoms with Crippen LogP contribution in [0.1, 0.15) is 93.6 Å². The van der Waals surface area contributed by atoms with E-state index in [1.807, 2.05) is 53.8 Å². The number of aliphatic hydroxyl groups excluding tert-OH is 1. The Morgan fingerprint density at radius 3 is 2.22 bits per heavy atom. The van der Waals surface area contributed by atoms with Gasteiger partial charge in [0.25, 0.3) is 0 Å². The summed E-state index contributed by atoms with van der Waals surface area (Å²) in [4.78, 5) is 22.8. The Balaban J connectivity index is 0.000000269. The van der Waals surface area contributed by atoms with Crippen LogP contribution >= 0.6 is 11.3 Å². The first-order valence-corrected chi connectivity index (χ1v) is 18.2. The summed E-state index contributed by atoms with van der Waals surface area (Å²) in [5.74, 6) is 0.286. The fourth-order valence-corrected chi connectivity index (χ4v) is 7.05. The molecule has 50 heavy (non-hydrogen) atoms. The number of aliphatic hydroxyl groups is 1. The van der Waals surface area contributed by atoms with Gasteiger partial charge in [-0.2, -0.15) is 0 Å². The fourth-order valence-electron chi connectivity index (χ4n) is 5.93. The molecule has 7 heteroatoms. The number of pyridine rings is 2. The summed E-state index contributed by atoms with van der Waals surface area (Å²) in [5.41, 5.74) is 4.29. The number of aromatic nitrogens is 2. The van der Waals surface area contributed by atoms with Gasteiger partial charge in [-0.25, -0.2) is 4.98 Å². The van der Waals surface area contributed by atoms with Gasteiger partial charge in [0.2, 0.25) is 5.71 Å². The number of allylic oxidation sites excluding steroid dienone is 2. The van der Waals surface area contributed by atoms with Crippen LogP contribution in [-0.2, 0) is 30.3 Å². The molecule has 6 rings (SSSR count). The third-order valence-corrected chi connectivity index (χ3v) is 11.6. The zero-order valence-electron chi connectivity index (χ0n) is 30.7. The molecule has 0 fully saturated rings. The number of furan rings is 1. The van der Waals surface area contributed by atoms with Crippen LogP contribution in [0, 0.1) is 16.9 Å². The molecule has 0 saturated carbocycles. The van der Waals surface area contributed by atoms with Crippen molar-refractivity contribution >= 4 is 49.1 Å². The summed E-state index contributed by atoms with van der Waals surface area (Å²) >= 11 is 1.72. The van der Waals surface area contributed by atoms with Crippen LogP contribution < -0.4 is 0 Å². The van der Waals surface area contributed by atoms with Gasteiger partial charge in [-0.3, -0.25) is 9.78 Å². The Labute approximate surface area is 314 Å². The van der Waals surface area contributed by atoms with E-state index in [1.54, 1.807) is 17.6 Å². The smallest absolute Gasteiger partial charge is 0.226 e. The molecule has 6 aromatic rings. The Morgan fingerprint density at radius 2 is 1.56 bits per heavy atom. The molecule has 265 valence electrons. The normalized spacial score (nSPS) is 12.5. The average Bonchev–Trinajstić information content (AvgIpc) is 3.77. The standard InChI is InChI=1S/C28H21N2OS.C15H28O2.Ir/c1-28(2,3)22-15-20(14-18-6-4-5-7-21(18)22)25-26-19(10-12-29-25)16-24(32-26)23-9-8-17-11-13-31-27(17)30-23;1-7-14(5,8-2)12(16)11-13(17)15(6,9-3)10-4;/h4-13,15-16H,1-3H3;11,16H,7-10H2,1-6H3;/q-1;;/b;12-11-;. The van der Waals surface area contributed by atoms with Crippen molar-refractivity contribution in [2.24, 2.45) is 10.8 Å². The van der Waals surface area contributed by atoms with Gasteiger partial charge in [0.15, 0.2) is 5.78 Å². The van der Waals surface area contributed by atoms with Crippen LogP contribution in [0.3, 0.4) is 0 Å². The molecule has 4 aromatic heterocycles. The van der Waals surface area contributed by atoms with E-state index >= 15 is 0 Å². The third-order valence-electron chi connectivity index (χ3n) is 10.4. The van der Waals surface area contributed by atoms with Gasteiger partial charge < -0.3 is 9.52 Å². The molecule has 0 saturated heterocycles. The van der Waals surface area contributed by atoms with Crippen molar-refractivity contribution in [1.29, 1.82) is 0 Å². The van der Waals surface area contributed by atoms with Gasteiger partial charge in [-0.1, -0.05) is 91.5 Å². The Hall–Kier alpha value is -3.64. The van der Waals surface area contributed by atoms with E-state index in [0.29, 0.717) is 5.71 Å². The second-order valence-corrected chi connectivity index (χ2v) is 15.6. The van der Waals surface area contributed by atoms with E-state index in [1.165, 1.54) is 17.0 Å². The maximum atomic E-state index is 12.2. The van der Waals surface area contributed by atoms with Crippen molar-refractivity contribution in [3.63, 3.8) is 0 Å². The molecular weight excluding hydrogens is 817 g/mol. The Morgan fingerprint density at radius 1 is 0.880 bits per heavy atom. The molecule has 1 N–H and O–H groups in total. The monoisotopic (exact) mass is 866 g/mol. The van der Waals surface area contributed by atoms with E-state index in [4.69, 9.17) is 14.4 Å². The van der Waals surface area contributed by atoms with E-state index in [9.17, 15) is 9.90 Å². The second-order valence-electron chi connectivity index (χ2n) is 14.5. The topological polar surface area (TPSA) is 76.2 Å². The summed E-state index contributed by atoms with van der Waals surface area (Å²) in [6.07, 6.45) is 8.32. The van der Waals surface area contributed by atoms with E-state index in [-0.39, 0.29) is 47.9 Å². The zero-order chi connectivity index (χ0) is 35.6. The number of nitrogens with zero attached hydrogens (tertiary/aromatic N) is 2. The average molecular weight is 866 g/mol. The minimum Gasteiger partial charge on any atom is -0.512 e. The molecule has 0 atom stereocenters. The first-order valence-electron chi connectivity index (χ1n) is 17.4. The number of hydrogen-bond acceptors (Lipinski definition) is 6. The van der Waals surface area contributed by atoms with Crippen LogP contribution in [0.2, 0.25) is 0 Å². The molecule has 0 spiro atoms. The molecule has 4 heterocycles. The van der Waals surface area contributed by atoms with Crippen molar-refractivity contribution in [1.82, 2.24) is 9.97 Å². The van der Waals surface area contributed by atoms with Crippen molar-refractivity contribution in [3.8, 4) is 21.8 Å². The summed E-state index contributed by atoms with van der Waals surface area (Å²) in [6, 6.07) is 24.7. The van der Waals surface area contributed by atoms with Crippen LogP contribution in [0.4, 0.5) is 0 Å². The molecule has 0 aliphatic heterocycles. The first-order chi connectivity index (χ1) is 23.3. The second kappa shape index (κ2) is 15.7. The predicted molar refractivity (Wildman–Crippen MR) is 206 cm³/mol. The number of thiophene rings is 1. The van der Waals surface area contributed by atoms with Gasteiger partial charge in [0.1, 0.15) is 5.76 Å². The molecule has 0 bridgehead atoms. The van der Waals surface area contributed by atoms with Crippen molar-refractivity contribution in [3.05, 3.63) is 96.6 Å². The molecule has 0 aliphatic carbocycles. The number of rotatable bonds is 9. The van der Waals surface area contributed by atoms with Crippen LogP contribution in [0.15, 0.2) is 89.4 Å². The number of carbonyl (C=O) groups excluding carboxylic acids is 1. The largest absolute Gasteiger partial charge is 0.512 e. The van der Waals surface area contributed by atoms with Gasteiger partial charge in [0.05, 0.1) is 16.8 Å². The first kappa shape index (κ1) is 39.2. The summed E-state index contributed by atoms with van der Waals surface area (Å²) < 4.78 is 6.66. The number of carbonyl (C=O) groups is 1. The number of ketones is 1. The van der Waals surface area contributed by atoms with E-state index < -0.39 is 0 Å². The zero-order valence-corrected chi connectivity index (χ0v) is 33.9. The third kappa shape index (κ3) is 7.96. The molecule has 1 radical (unpaired) electrons. The predicted octanol–water partition coefficient (Wildman–Crippen LogP) is 12.7. The van der Waals surface area contributed by atoms with Crippen LogP contribution in [0.5, 0.6) is 0 Å². The molecule has 0 aliphatic rings. The molecular formula is C43H49IrN2O3S-. The van der Waals surface area contributed by atoms with Gasteiger partial charge in [-0.05, 0) is 66.8 Å². The Bertz CT molecular complexity index is 2130. The summed E-state index contributed by atoms with van der Waals surface area (Å²) in [7, 11) is 0. The van der Waals surface area contributed by atoms with Crippen LogP contribution in [-0.4, -0.2) is 20.9 Å². The maximum Gasteiger partial charge on any atom is 0.226 e. The van der Waals surface area contributed by atoms with Gasteiger partial charge >= 0.3 is 0 Å². The number of hydrogen-bond donors (Lipinski definition) is 1. The number of fused-ring (bicyclic) bond motifs is 3. The maximum absolute atomic E-state index is 12.2. The quantitative estimate of drug-likeness (QED) is 0.0890. The number of benzene rings is 2. The fraction of sp³-hybridized carbons (Fsp3) is 0.372. The molecule has 2 aromatic carbocycles. The van der Waals surface area contributed by atoms with Gasteiger partial charge in [0, 0.05) is 59.0 Å². The minimum atomic E-state index is -0.337. The van der Waals surface area contributed by atoms with Crippen LogP contribution in [0.25, 0.3) is 53.8 Å². The van der Waals surface area contributed by atoms with Gasteiger partial charge in [-0.15, -0.1) is 40.5 Å². The molecule has 0 unspecified atom stereocenters. The summed E-state index contributed by atoms with van der Waals surface area (Å²) in [6.45, 7) is 18.9.